The standard InChI is InChI=1S/C26H33N3O5/c1-5-33-23-12-17(10-11-22(23)34-16-24(30)29-26(2,3)4)14-27-21(25(31)32)13-18-15-28-20-9-7-6-8-19(18)20/h6-12,15,21,27-28H,5,13-14,16H2,1-4H3,(H,29,30)(H,31,32). The Morgan fingerprint density at radius 3 is 2.56 bits per heavy atom. The summed E-state index contributed by atoms with van der Waals surface area (Å²) in [5.74, 6) is -0.167. The molecular formula is C26H33N3O5. The van der Waals surface area contributed by atoms with Crippen LogP contribution in [0.4, 0.5) is 0 Å². The van der Waals surface area contributed by atoms with Gasteiger partial charge in [0.25, 0.3) is 5.91 Å². The van der Waals surface area contributed by atoms with Crippen molar-refractivity contribution in [2.75, 3.05) is 13.2 Å². The molecule has 2 aromatic carbocycles. The highest BCUT2D eigenvalue weighted by molar-refractivity contribution is 5.84. The molecule has 0 saturated heterocycles. The lowest BCUT2D eigenvalue weighted by molar-refractivity contribution is -0.139. The predicted octanol–water partition coefficient (Wildman–Crippen LogP) is 3.65. The van der Waals surface area contributed by atoms with Gasteiger partial charge in [0.2, 0.25) is 0 Å². The fraction of sp³-hybridized carbons (Fsp3) is 0.385. The third-order valence-electron chi connectivity index (χ3n) is 5.13. The summed E-state index contributed by atoms with van der Waals surface area (Å²) in [6.45, 7) is 8.22. The number of fused-ring (bicyclic) bond motifs is 1. The zero-order chi connectivity index (χ0) is 24.7. The predicted molar refractivity (Wildman–Crippen MR) is 131 cm³/mol. The number of para-hydroxylation sites is 1. The highest BCUT2D eigenvalue weighted by atomic mass is 16.5. The van der Waals surface area contributed by atoms with Gasteiger partial charge in [-0.3, -0.25) is 9.59 Å². The first-order valence-corrected chi connectivity index (χ1v) is 11.4. The summed E-state index contributed by atoms with van der Waals surface area (Å²) < 4.78 is 11.4. The number of benzene rings is 2. The summed E-state index contributed by atoms with van der Waals surface area (Å²) in [7, 11) is 0. The smallest absolute Gasteiger partial charge is 0.321 e. The van der Waals surface area contributed by atoms with Gasteiger partial charge in [-0.1, -0.05) is 24.3 Å². The number of aromatic amines is 1. The molecule has 3 rings (SSSR count). The molecule has 34 heavy (non-hydrogen) atoms. The van der Waals surface area contributed by atoms with Crippen LogP contribution in [0.3, 0.4) is 0 Å². The second-order valence-electron chi connectivity index (χ2n) is 9.14. The first-order chi connectivity index (χ1) is 16.2. The van der Waals surface area contributed by atoms with E-state index in [1.54, 1.807) is 12.1 Å². The van der Waals surface area contributed by atoms with Gasteiger partial charge in [-0.05, 0) is 57.0 Å². The third-order valence-corrected chi connectivity index (χ3v) is 5.13. The van der Waals surface area contributed by atoms with Gasteiger partial charge >= 0.3 is 5.97 Å². The van der Waals surface area contributed by atoms with E-state index in [1.165, 1.54) is 0 Å². The van der Waals surface area contributed by atoms with Crippen molar-refractivity contribution in [3.05, 3.63) is 59.8 Å². The zero-order valence-electron chi connectivity index (χ0n) is 20.1. The van der Waals surface area contributed by atoms with Crippen LogP contribution in [0.1, 0.15) is 38.8 Å². The maximum Gasteiger partial charge on any atom is 0.321 e. The number of hydrogen-bond acceptors (Lipinski definition) is 5. The minimum absolute atomic E-state index is 0.124. The number of carboxylic acid groups (broad SMARTS) is 1. The monoisotopic (exact) mass is 467 g/mol. The molecule has 0 aliphatic heterocycles. The normalized spacial score (nSPS) is 12.4. The molecule has 0 aliphatic rings. The van der Waals surface area contributed by atoms with Crippen molar-refractivity contribution in [3.8, 4) is 11.5 Å². The van der Waals surface area contributed by atoms with Crippen molar-refractivity contribution < 1.29 is 24.2 Å². The lowest BCUT2D eigenvalue weighted by Crippen LogP contribution is -2.43. The lowest BCUT2D eigenvalue weighted by Gasteiger charge is -2.21. The number of rotatable bonds is 11. The van der Waals surface area contributed by atoms with Gasteiger partial charge in [-0.15, -0.1) is 0 Å². The third kappa shape index (κ3) is 6.99. The van der Waals surface area contributed by atoms with E-state index in [2.05, 4.69) is 15.6 Å². The van der Waals surface area contributed by atoms with Crippen molar-refractivity contribution in [3.63, 3.8) is 0 Å². The number of hydrogen-bond donors (Lipinski definition) is 4. The first kappa shape index (κ1) is 25.1. The van der Waals surface area contributed by atoms with Gasteiger partial charge in [-0.2, -0.15) is 0 Å². The average Bonchev–Trinajstić information content (AvgIpc) is 3.17. The van der Waals surface area contributed by atoms with E-state index in [0.717, 1.165) is 22.0 Å². The lowest BCUT2D eigenvalue weighted by atomic mass is 10.0. The van der Waals surface area contributed by atoms with Crippen molar-refractivity contribution in [2.24, 2.45) is 0 Å². The van der Waals surface area contributed by atoms with Crippen LogP contribution < -0.4 is 20.1 Å². The number of aromatic nitrogens is 1. The summed E-state index contributed by atoms with van der Waals surface area (Å²) in [4.78, 5) is 27.2. The molecule has 0 aliphatic carbocycles. The van der Waals surface area contributed by atoms with Crippen LogP contribution in [0.5, 0.6) is 11.5 Å². The minimum atomic E-state index is -0.917. The summed E-state index contributed by atoms with van der Waals surface area (Å²) >= 11 is 0. The van der Waals surface area contributed by atoms with Gasteiger partial charge < -0.3 is 30.2 Å². The number of aliphatic carboxylic acids is 1. The van der Waals surface area contributed by atoms with Crippen LogP contribution in [0.25, 0.3) is 10.9 Å². The molecule has 0 spiro atoms. The molecule has 0 radical (unpaired) electrons. The Morgan fingerprint density at radius 2 is 1.85 bits per heavy atom. The van der Waals surface area contributed by atoms with E-state index in [0.29, 0.717) is 31.1 Å². The molecule has 1 heterocycles. The van der Waals surface area contributed by atoms with E-state index in [1.807, 2.05) is 64.2 Å². The molecule has 182 valence electrons. The fourth-order valence-electron chi connectivity index (χ4n) is 3.66. The van der Waals surface area contributed by atoms with Crippen LogP contribution in [0.15, 0.2) is 48.7 Å². The van der Waals surface area contributed by atoms with E-state index in [9.17, 15) is 14.7 Å². The minimum Gasteiger partial charge on any atom is -0.490 e. The molecule has 1 atom stereocenters. The second kappa shape index (κ2) is 11.1. The maximum absolute atomic E-state index is 12.1. The Balaban J connectivity index is 1.65. The van der Waals surface area contributed by atoms with Crippen molar-refractivity contribution in [2.45, 2.75) is 52.2 Å². The largest absolute Gasteiger partial charge is 0.490 e. The summed E-state index contributed by atoms with van der Waals surface area (Å²) in [5.41, 5.74) is 2.43. The van der Waals surface area contributed by atoms with E-state index < -0.39 is 12.0 Å². The van der Waals surface area contributed by atoms with Crippen LogP contribution in [-0.4, -0.2) is 46.8 Å². The van der Waals surface area contributed by atoms with E-state index in [-0.39, 0.29) is 18.1 Å². The highest BCUT2D eigenvalue weighted by Crippen LogP contribution is 2.29. The maximum atomic E-state index is 12.1. The quantitative estimate of drug-likeness (QED) is 0.342. The van der Waals surface area contributed by atoms with Crippen molar-refractivity contribution in [1.29, 1.82) is 0 Å². The highest BCUT2D eigenvalue weighted by Gasteiger charge is 2.20. The molecule has 1 amide bonds. The van der Waals surface area contributed by atoms with Gasteiger partial charge in [-0.25, -0.2) is 0 Å². The van der Waals surface area contributed by atoms with Crippen molar-refractivity contribution in [1.82, 2.24) is 15.6 Å². The zero-order valence-corrected chi connectivity index (χ0v) is 20.1. The molecule has 4 N–H and O–H groups in total. The Kier molecular flexibility index (Phi) is 8.17. The molecule has 0 bridgehead atoms. The molecule has 3 aromatic rings. The number of amides is 1. The van der Waals surface area contributed by atoms with Gasteiger partial charge in [0.05, 0.1) is 6.61 Å². The Bertz CT molecular complexity index is 1130. The number of carbonyl (C=O) groups excluding carboxylic acids is 1. The summed E-state index contributed by atoms with van der Waals surface area (Å²) in [6.07, 6.45) is 2.21. The molecule has 8 heteroatoms. The fourth-order valence-corrected chi connectivity index (χ4v) is 3.66. The van der Waals surface area contributed by atoms with Gasteiger partial charge in [0.15, 0.2) is 18.1 Å². The van der Waals surface area contributed by atoms with Gasteiger partial charge in [0.1, 0.15) is 6.04 Å². The first-order valence-electron chi connectivity index (χ1n) is 11.4. The Morgan fingerprint density at radius 1 is 1.09 bits per heavy atom. The SMILES string of the molecule is CCOc1cc(CNC(Cc2c[nH]c3ccccc23)C(=O)O)ccc1OCC(=O)NC(C)(C)C. The molecule has 1 unspecified atom stereocenters. The van der Waals surface area contributed by atoms with E-state index >= 15 is 0 Å². The number of H-pyrrole nitrogens is 1. The molecule has 0 fully saturated rings. The molecular weight excluding hydrogens is 434 g/mol. The number of carbonyl (C=O) groups is 2. The second-order valence-corrected chi connectivity index (χ2v) is 9.14. The number of ether oxygens (including phenoxy) is 2. The van der Waals surface area contributed by atoms with Crippen LogP contribution in [-0.2, 0) is 22.6 Å². The van der Waals surface area contributed by atoms with Gasteiger partial charge in [0, 0.05) is 35.6 Å². The molecule has 1 aromatic heterocycles. The number of nitrogens with one attached hydrogen (secondary N) is 3. The summed E-state index contributed by atoms with van der Waals surface area (Å²) in [5, 5.41) is 16.8. The number of carboxylic acids is 1. The summed E-state index contributed by atoms with van der Waals surface area (Å²) in [6, 6.07) is 12.4. The Labute approximate surface area is 199 Å². The topological polar surface area (TPSA) is 113 Å². The average molecular weight is 468 g/mol. The van der Waals surface area contributed by atoms with Crippen LogP contribution >= 0.6 is 0 Å². The van der Waals surface area contributed by atoms with E-state index in [4.69, 9.17) is 9.47 Å². The molecule has 0 saturated carbocycles. The van der Waals surface area contributed by atoms with Crippen molar-refractivity contribution >= 4 is 22.8 Å². The van der Waals surface area contributed by atoms with Crippen LogP contribution in [0.2, 0.25) is 0 Å². The van der Waals surface area contributed by atoms with Crippen LogP contribution in [0, 0.1) is 0 Å². The Hall–Kier alpha value is -3.52. The molecule has 8 nitrogen and oxygen atoms in total.